The normalized spacial score (nSPS) is 11.8. The maximum atomic E-state index is 13.0. The molecule has 0 aliphatic rings. The Bertz CT molecular complexity index is 842. The molecule has 0 saturated heterocycles. The fourth-order valence-corrected chi connectivity index (χ4v) is 3.02. The lowest BCUT2D eigenvalue weighted by Crippen LogP contribution is -2.49. The number of carbonyl (C=O) groups excluding carboxylic acids is 2. The number of benzene rings is 2. The monoisotopic (exact) mass is 436 g/mol. The van der Waals surface area contributed by atoms with Gasteiger partial charge in [-0.3, -0.25) is 9.59 Å². The van der Waals surface area contributed by atoms with Crippen molar-refractivity contribution in [2.45, 2.75) is 33.4 Å². The van der Waals surface area contributed by atoms with Crippen LogP contribution in [-0.2, 0) is 16.1 Å². The van der Waals surface area contributed by atoms with E-state index in [1.807, 2.05) is 32.0 Å². The van der Waals surface area contributed by atoms with Crippen LogP contribution in [0.1, 0.15) is 26.3 Å². The summed E-state index contributed by atoms with van der Waals surface area (Å²) in [7, 11) is 0. The van der Waals surface area contributed by atoms with Gasteiger partial charge in [0, 0.05) is 18.1 Å². The minimum absolute atomic E-state index is 0.195. The number of nitrogens with zero attached hydrogens (tertiary/aromatic N) is 1. The van der Waals surface area contributed by atoms with Gasteiger partial charge in [0.05, 0.1) is 5.02 Å². The van der Waals surface area contributed by atoms with Gasteiger partial charge in [-0.15, -0.1) is 0 Å². The van der Waals surface area contributed by atoms with Crippen LogP contribution in [0.2, 0.25) is 10.0 Å². The zero-order valence-electron chi connectivity index (χ0n) is 16.8. The van der Waals surface area contributed by atoms with Crippen LogP contribution in [0.4, 0.5) is 0 Å². The fourth-order valence-electron chi connectivity index (χ4n) is 2.63. The molecule has 5 nitrogen and oxygen atoms in total. The van der Waals surface area contributed by atoms with Gasteiger partial charge in [0.15, 0.2) is 6.61 Å². The lowest BCUT2D eigenvalue weighted by molar-refractivity contribution is -0.142. The maximum absolute atomic E-state index is 13.0. The minimum atomic E-state index is -0.688. The number of halogens is 2. The van der Waals surface area contributed by atoms with E-state index in [1.54, 1.807) is 37.3 Å². The van der Waals surface area contributed by atoms with Crippen LogP contribution >= 0.6 is 23.2 Å². The number of rotatable bonds is 9. The number of hydrogen-bond acceptors (Lipinski definition) is 3. The standard InChI is InChI=1S/C22H26Cl2N2O3/c1-15(2)12-25-22(28)16(3)26(13-17-8-4-5-9-18(17)23)21(27)14-29-20-11-7-6-10-19(20)24/h4-11,15-16H,12-14H2,1-3H3,(H,25,28)/t16-/m1/s1. The van der Waals surface area contributed by atoms with Crippen molar-refractivity contribution in [2.24, 2.45) is 5.92 Å². The van der Waals surface area contributed by atoms with E-state index in [0.29, 0.717) is 28.3 Å². The second kappa shape index (κ2) is 11.1. The second-order valence-electron chi connectivity index (χ2n) is 7.15. The summed E-state index contributed by atoms with van der Waals surface area (Å²) >= 11 is 12.4. The molecule has 2 amide bonds. The van der Waals surface area contributed by atoms with Gasteiger partial charge in [-0.25, -0.2) is 0 Å². The average molecular weight is 437 g/mol. The van der Waals surface area contributed by atoms with Crippen LogP contribution in [0.3, 0.4) is 0 Å². The Morgan fingerprint density at radius 1 is 1.00 bits per heavy atom. The quantitative estimate of drug-likeness (QED) is 0.626. The number of nitrogens with one attached hydrogen (secondary N) is 1. The first-order valence-corrected chi connectivity index (χ1v) is 10.2. The van der Waals surface area contributed by atoms with Gasteiger partial charge >= 0.3 is 0 Å². The summed E-state index contributed by atoms with van der Waals surface area (Å²) in [6.45, 7) is 6.20. The van der Waals surface area contributed by atoms with Crippen molar-refractivity contribution in [3.05, 3.63) is 64.1 Å². The van der Waals surface area contributed by atoms with E-state index in [2.05, 4.69) is 5.32 Å². The fraction of sp³-hybridized carbons (Fsp3) is 0.364. The molecule has 2 aromatic rings. The van der Waals surface area contributed by atoms with Gasteiger partial charge in [-0.1, -0.05) is 67.4 Å². The molecule has 156 valence electrons. The third-order valence-electron chi connectivity index (χ3n) is 4.34. The average Bonchev–Trinajstić information content (AvgIpc) is 2.70. The van der Waals surface area contributed by atoms with E-state index in [-0.39, 0.29) is 25.0 Å². The van der Waals surface area contributed by atoms with Gasteiger partial charge in [0.2, 0.25) is 5.91 Å². The smallest absolute Gasteiger partial charge is 0.261 e. The first kappa shape index (κ1) is 23.0. The minimum Gasteiger partial charge on any atom is -0.482 e. The lowest BCUT2D eigenvalue weighted by atomic mass is 10.1. The molecule has 7 heteroatoms. The highest BCUT2D eigenvalue weighted by Gasteiger charge is 2.27. The molecule has 0 heterocycles. The van der Waals surface area contributed by atoms with Crippen molar-refractivity contribution in [1.29, 1.82) is 0 Å². The Hall–Kier alpha value is -2.24. The molecule has 0 bridgehead atoms. The van der Waals surface area contributed by atoms with Gasteiger partial charge in [-0.2, -0.15) is 0 Å². The zero-order chi connectivity index (χ0) is 21.4. The van der Waals surface area contributed by atoms with Crippen molar-refractivity contribution >= 4 is 35.0 Å². The molecular formula is C22H26Cl2N2O3. The summed E-state index contributed by atoms with van der Waals surface area (Å²) < 4.78 is 5.59. The van der Waals surface area contributed by atoms with Crippen LogP contribution in [-0.4, -0.2) is 35.9 Å². The van der Waals surface area contributed by atoms with E-state index >= 15 is 0 Å². The van der Waals surface area contributed by atoms with E-state index in [9.17, 15) is 9.59 Å². The summed E-state index contributed by atoms with van der Waals surface area (Å²) in [5.74, 6) is 0.161. The van der Waals surface area contributed by atoms with Crippen LogP contribution in [0.5, 0.6) is 5.75 Å². The zero-order valence-corrected chi connectivity index (χ0v) is 18.3. The van der Waals surface area contributed by atoms with E-state index < -0.39 is 6.04 Å². The number of amides is 2. The number of para-hydroxylation sites is 1. The summed E-state index contributed by atoms with van der Waals surface area (Å²) in [4.78, 5) is 27.0. The Morgan fingerprint density at radius 3 is 2.24 bits per heavy atom. The van der Waals surface area contributed by atoms with Crippen LogP contribution in [0, 0.1) is 5.92 Å². The van der Waals surface area contributed by atoms with Crippen LogP contribution in [0.25, 0.3) is 0 Å². The molecule has 0 radical (unpaired) electrons. The molecule has 0 saturated carbocycles. The predicted octanol–water partition coefficient (Wildman–Crippen LogP) is 4.56. The van der Waals surface area contributed by atoms with Gasteiger partial charge in [-0.05, 0) is 36.6 Å². The second-order valence-corrected chi connectivity index (χ2v) is 7.96. The third kappa shape index (κ3) is 6.94. The Kier molecular flexibility index (Phi) is 8.80. The van der Waals surface area contributed by atoms with E-state index in [0.717, 1.165) is 5.56 Å². The summed E-state index contributed by atoms with van der Waals surface area (Å²) in [5, 5.41) is 3.82. The summed E-state index contributed by atoms with van der Waals surface area (Å²) in [6.07, 6.45) is 0. The first-order valence-electron chi connectivity index (χ1n) is 9.47. The van der Waals surface area contributed by atoms with Crippen LogP contribution in [0.15, 0.2) is 48.5 Å². The van der Waals surface area contributed by atoms with Crippen molar-refractivity contribution in [2.75, 3.05) is 13.2 Å². The molecule has 29 heavy (non-hydrogen) atoms. The molecule has 1 N–H and O–H groups in total. The highest BCUT2D eigenvalue weighted by molar-refractivity contribution is 6.32. The van der Waals surface area contributed by atoms with Crippen LogP contribution < -0.4 is 10.1 Å². The summed E-state index contributed by atoms with van der Waals surface area (Å²) in [6, 6.07) is 13.5. The molecule has 0 aliphatic carbocycles. The predicted molar refractivity (Wildman–Crippen MR) is 116 cm³/mol. The topological polar surface area (TPSA) is 58.6 Å². The molecule has 2 aromatic carbocycles. The SMILES string of the molecule is CC(C)CNC(=O)[C@@H](C)N(Cc1ccccc1Cl)C(=O)COc1ccccc1Cl. The van der Waals surface area contributed by atoms with Gasteiger partial charge < -0.3 is 15.0 Å². The van der Waals surface area contributed by atoms with Crippen molar-refractivity contribution in [3.8, 4) is 5.75 Å². The molecular weight excluding hydrogens is 411 g/mol. The highest BCUT2D eigenvalue weighted by Crippen LogP contribution is 2.23. The van der Waals surface area contributed by atoms with Crippen molar-refractivity contribution in [1.82, 2.24) is 10.2 Å². The van der Waals surface area contributed by atoms with Gasteiger partial charge in [0.25, 0.3) is 5.91 Å². The summed E-state index contributed by atoms with van der Waals surface area (Å²) in [5.41, 5.74) is 0.753. The molecule has 0 unspecified atom stereocenters. The largest absolute Gasteiger partial charge is 0.482 e. The molecule has 0 fully saturated rings. The third-order valence-corrected chi connectivity index (χ3v) is 5.02. The van der Waals surface area contributed by atoms with Crippen molar-refractivity contribution < 1.29 is 14.3 Å². The lowest BCUT2D eigenvalue weighted by Gasteiger charge is -2.29. The van der Waals surface area contributed by atoms with Crippen molar-refractivity contribution in [3.63, 3.8) is 0 Å². The number of carbonyl (C=O) groups is 2. The number of ether oxygens (including phenoxy) is 1. The highest BCUT2D eigenvalue weighted by atomic mass is 35.5. The molecule has 0 aromatic heterocycles. The number of hydrogen-bond donors (Lipinski definition) is 1. The Balaban J connectivity index is 2.16. The molecule has 0 aliphatic heterocycles. The van der Waals surface area contributed by atoms with Gasteiger partial charge in [0.1, 0.15) is 11.8 Å². The first-order chi connectivity index (χ1) is 13.8. The molecule has 0 spiro atoms. The van der Waals surface area contributed by atoms with E-state index in [4.69, 9.17) is 27.9 Å². The van der Waals surface area contributed by atoms with E-state index in [1.165, 1.54) is 4.90 Å². The molecule has 1 atom stereocenters. The maximum Gasteiger partial charge on any atom is 0.261 e. The Labute approximate surface area is 181 Å². The molecule has 2 rings (SSSR count). The Morgan fingerprint density at radius 2 is 1.62 bits per heavy atom.